The quantitative estimate of drug-likeness (QED) is 0.474. The van der Waals surface area contributed by atoms with Gasteiger partial charge in [0, 0.05) is 29.8 Å². The molecular formula is C21H24N4O2S. The summed E-state index contributed by atoms with van der Waals surface area (Å²) in [6.45, 7) is 3.08. The number of hydrogen-bond donors (Lipinski definition) is 2. The molecule has 3 rings (SSSR count). The highest BCUT2D eigenvalue weighted by Gasteiger charge is 2.08. The van der Waals surface area contributed by atoms with Gasteiger partial charge in [-0.1, -0.05) is 35.9 Å². The van der Waals surface area contributed by atoms with Crippen LogP contribution in [0.3, 0.4) is 0 Å². The van der Waals surface area contributed by atoms with E-state index in [-0.39, 0.29) is 0 Å². The summed E-state index contributed by atoms with van der Waals surface area (Å²) in [7, 11) is 0.664. The second kappa shape index (κ2) is 9.85. The maximum absolute atomic E-state index is 12.2. The molecule has 7 heteroatoms. The first-order valence-electron chi connectivity index (χ1n) is 9.05. The van der Waals surface area contributed by atoms with Crippen LogP contribution in [0.1, 0.15) is 11.3 Å². The summed E-state index contributed by atoms with van der Waals surface area (Å²) >= 11 is 0. The van der Waals surface area contributed by atoms with Gasteiger partial charge >= 0.3 is 0 Å². The Morgan fingerprint density at radius 2 is 1.86 bits per heavy atom. The minimum Gasteiger partial charge on any atom is -0.444 e. The molecule has 0 amide bonds. The molecule has 28 heavy (non-hydrogen) atoms. The molecule has 0 saturated heterocycles. The van der Waals surface area contributed by atoms with Gasteiger partial charge in [0.25, 0.3) is 0 Å². The van der Waals surface area contributed by atoms with Crippen molar-refractivity contribution in [3.05, 3.63) is 72.1 Å². The highest BCUT2D eigenvalue weighted by atomic mass is 32.2. The number of aliphatic imine (C=N–C) groups is 1. The third-order valence-electron chi connectivity index (χ3n) is 4.10. The summed E-state index contributed by atoms with van der Waals surface area (Å²) < 4.78 is 17.8. The summed E-state index contributed by atoms with van der Waals surface area (Å²) in [4.78, 5) is 9.52. The van der Waals surface area contributed by atoms with E-state index in [1.165, 1.54) is 5.56 Å². The van der Waals surface area contributed by atoms with E-state index in [2.05, 4.69) is 20.6 Å². The van der Waals surface area contributed by atoms with Crippen molar-refractivity contribution in [2.75, 3.05) is 19.3 Å². The fourth-order valence-electron chi connectivity index (χ4n) is 2.56. The fraction of sp³-hybridized carbons (Fsp3) is 0.238. The molecule has 146 valence electrons. The SMILES string of the molecule is CN=C(NCCS(=O)c1ccccc1)NCc1coc(-c2ccc(C)cc2)n1. The van der Waals surface area contributed by atoms with Gasteiger partial charge in [-0.2, -0.15) is 0 Å². The maximum atomic E-state index is 12.2. The number of benzene rings is 2. The maximum Gasteiger partial charge on any atom is 0.226 e. The number of rotatable bonds is 7. The first-order valence-corrected chi connectivity index (χ1v) is 10.4. The number of hydrogen-bond acceptors (Lipinski definition) is 4. The molecule has 0 aliphatic rings. The van der Waals surface area contributed by atoms with Crippen LogP contribution in [0.25, 0.3) is 11.5 Å². The van der Waals surface area contributed by atoms with E-state index in [4.69, 9.17) is 4.42 Å². The summed E-state index contributed by atoms with van der Waals surface area (Å²) in [6.07, 6.45) is 1.64. The Morgan fingerprint density at radius 1 is 1.11 bits per heavy atom. The van der Waals surface area contributed by atoms with E-state index < -0.39 is 10.8 Å². The van der Waals surface area contributed by atoms with E-state index in [1.54, 1.807) is 13.3 Å². The van der Waals surface area contributed by atoms with Crippen LogP contribution in [0, 0.1) is 6.92 Å². The molecule has 2 aromatic carbocycles. The molecular weight excluding hydrogens is 372 g/mol. The third kappa shape index (κ3) is 5.53. The van der Waals surface area contributed by atoms with Gasteiger partial charge in [0.05, 0.1) is 23.0 Å². The van der Waals surface area contributed by atoms with Crippen molar-refractivity contribution >= 4 is 16.8 Å². The van der Waals surface area contributed by atoms with Crippen LogP contribution >= 0.6 is 0 Å². The third-order valence-corrected chi connectivity index (χ3v) is 5.47. The normalized spacial score (nSPS) is 12.6. The van der Waals surface area contributed by atoms with Crippen LogP contribution in [0.4, 0.5) is 0 Å². The molecule has 1 heterocycles. The van der Waals surface area contributed by atoms with Crippen molar-refractivity contribution in [3.8, 4) is 11.5 Å². The fourth-order valence-corrected chi connectivity index (χ4v) is 3.55. The van der Waals surface area contributed by atoms with Crippen molar-refractivity contribution in [1.82, 2.24) is 15.6 Å². The van der Waals surface area contributed by atoms with E-state index in [1.807, 2.05) is 61.5 Å². The van der Waals surface area contributed by atoms with Gasteiger partial charge in [-0.05, 0) is 31.2 Å². The number of nitrogens with zero attached hydrogens (tertiary/aromatic N) is 2. The smallest absolute Gasteiger partial charge is 0.226 e. The summed E-state index contributed by atoms with van der Waals surface area (Å²) in [5.41, 5.74) is 2.93. The van der Waals surface area contributed by atoms with Crippen molar-refractivity contribution < 1.29 is 8.63 Å². The van der Waals surface area contributed by atoms with Gasteiger partial charge in [0.1, 0.15) is 6.26 Å². The minimum absolute atomic E-state index is 0.483. The van der Waals surface area contributed by atoms with Gasteiger partial charge in [-0.25, -0.2) is 4.98 Å². The number of nitrogens with one attached hydrogen (secondary N) is 2. The van der Waals surface area contributed by atoms with Gasteiger partial charge in [-0.3, -0.25) is 9.20 Å². The second-order valence-corrected chi connectivity index (χ2v) is 7.80. The molecule has 6 nitrogen and oxygen atoms in total. The molecule has 0 fully saturated rings. The van der Waals surface area contributed by atoms with Crippen molar-refractivity contribution in [3.63, 3.8) is 0 Å². The lowest BCUT2D eigenvalue weighted by molar-refractivity contribution is 0.572. The molecule has 0 radical (unpaired) electrons. The van der Waals surface area contributed by atoms with Gasteiger partial charge < -0.3 is 15.1 Å². The summed E-state index contributed by atoms with van der Waals surface area (Å²) in [5.74, 6) is 1.73. The molecule has 0 saturated carbocycles. The zero-order valence-corrected chi connectivity index (χ0v) is 16.8. The van der Waals surface area contributed by atoms with Crippen LogP contribution in [0.15, 0.2) is 75.2 Å². The molecule has 1 aromatic heterocycles. The van der Waals surface area contributed by atoms with Crippen molar-refractivity contribution in [1.29, 1.82) is 0 Å². The van der Waals surface area contributed by atoms with E-state index in [9.17, 15) is 4.21 Å². The number of aryl methyl sites for hydroxylation is 1. The van der Waals surface area contributed by atoms with Crippen LogP contribution in [-0.4, -0.2) is 34.5 Å². The van der Waals surface area contributed by atoms with Crippen molar-refractivity contribution in [2.24, 2.45) is 4.99 Å². The Morgan fingerprint density at radius 3 is 2.57 bits per heavy atom. The first kappa shape index (κ1) is 19.8. The predicted molar refractivity (Wildman–Crippen MR) is 113 cm³/mol. The lowest BCUT2D eigenvalue weighted by atomic mass is 10.1. The Balaban J connectivity index is 1.47. The zero-order chi connectivity index (χ0) is 19.8. The van der Waals surface area contributed by atoms with Crippen molar-refractivity contribution in [2.45, 2.75) is 18.4 Å². The van der Waals surface area contributed by atoms with Gasteiger partial charge in [0.15, 0.2) is 5.96 Å². The zero-order valence-electron chi connectivity index (χ0n) is 16.0. The average Bonchev–Trinajstić information content (AvgIpc) is 3.20. The molecule has 0 aliphatic heterocycles. The Kier molecular flexibility index (Phi) is 6.97. The second-order valence-electron chi connectivity index (χ2n) is 6.23. The van der Waals surface area contributed by atoms with E-state index in [0.717, 1.165) is 16.2 Å². The Bertz CT molecular complexity index is 937. The van der Waals surface area contributed by atoms with Crippen LogP contribution < -0.4 is 10.6 Å². The molecule has 0 aliphatic carbocycles. The Hall–Kier alpha value is -2.93. The largest absolute Gasteiger partial charge is 0.444 e. The molecule has 3 aromatic rings. The van der Waals surface area contributed by atoms with Crippen LogP contribution in [-0.2, 0) is 17.3 Å². The molecule has 2 N–H and O–H groups in total. The van der Waals surface area contributed by atoms with Gasteiger partial charge in [0.2, 0.25) is 5.89 Å². The van der Waals surface area contributed by atoms with E-state index in [0.29, 0.717) is 30.7 Å². The van der Waals surface area contributed by atoms with Crippen LogP contribution in [0.5, 0.6) is 0 Å². The standard InChI is InChI=1S/C21H24N4O2S/c1-16-8-10-17(11-9-16)20-25-18(15-27-20)14-24-21(22-2)23-12-13-28(26)19-6-4-3-5-7-19/h3-11,15H,12-14H2,1-2H3,(H2,22,23,24). The topological polar surface area (TPSA) is 79.5 Å². The number of guanidine groups is 1. The molecule has 1 unspecified atom stereocenters. The molecule has 0 spiro atoms. The average molecular weight is 397 g/mol. The highest BCUT2D eigenvalue weighted by molar-refractivity contribution is 7.85. The lowest BCUT2D eigenvalue weighted by Gasteiger charge is -2.10. The Labute approximate surface area is 167 Å². The number of aromatic nitrogens is 1. The highest BCUT2D eigenvalue weighted by Crippen LogP contribution is 2.18. The monoisotopic (exact) mass is 396 g/mol. The van der Waals surface area contributed by atoms with Crippen LogP contribution in [0.2, 0.25) is 0 Å². The minimum atomic E-state index is -1.03. The summed E-state index contributed by atoms with van der Waals surface area (Å²) in [5, 5.41) is 6.36. The predicted octanol–water partition coefficient (Wildman–Crippen LogP) is 3.12. The summed E-state index contributed by atoms with van der Waals surface area (Å²) in [6, 6.07) is 17.5. The molecule has 0 bridgehead atoms. The van der Waals surface area contributed by atoms with E-state index >= 15 is 0 Å². The number of oxazole rings is 1. The lowest BCUT2D eigenvalue weighted by Crippen LogP contribution is -2.38. The van der Waals surface area contributed by atoms with Gasteiger partial charge in [-0.15, -0.1) is 0 Å². The molecule has 1 atom stereocenters. The first-order chi connectivity index (χ1) is 13.7.